The molecule has 1 aliphatic carbocycles. The van der Waals surface area contributed by atoms with Crippen molar-refractivity contribution >= 4 is 21.6 Å². The number of thiophene rings is 1. The van der Waals surface area contributed by atoms with Gasteiger partial charge in [-0.25, -0.2) is 4.98 Å². The number of rotatable bonds is 2. The molecule has 0 saturated heterocycles. The van der Waals surface area contributed by atoms with E-state index in [0.717, 1.165) is 48.4 Å². The van der Waals surface area contributed by atoms with Gasteiger partial charge in [0, 0.05) is 24.0 Å². The number of hydrogen-bond donors (Lipinski definition) is 2. The maximum Gasteiger partial charge on any atom is 0.259 e. The molecule has 0 saturated carbocycles. The molecule has 0 radical (unpaired) electrons. The number of H-pyrrole nitrogens is 1. The minimum atomic E-state index is 0.00550. The van der Waals surface area contributed by atoms with Crippen molar-refractivity contribution in [2.45, 2.75) is 38.4 Å². The van der Waals surface area contributed by atoms with E-state index in [0.29, 0.717) is 6.54 Å². The number of aryl methyl sites for hydroxylation is 2. The molecule has 1 unspecified atom stereocenters. The molecular formula is C19H20N4OS. The summed E-state index contributed by atoms with van der Waals surface area (Å²) in [5.74, 6) is 0.740. The zero-order chi connectivity index (χ0) is 17.0. The summed E-state index contributed by atoms with van der Waals surface area (Å²) >= 11 is 1.69. The summed E-state index contributed by atoms with van der Waals surface area (Å²) < 4.78 is 0. The standard InChI is InChI=1S/C19H20N4OS/c20-14-9-23(8-11-4-1-2-5-12(11)14)10-16-21-18(24)17-13-6-3-7-15(13)25-19(17)22-16/h1-2,4-5,14H,3,6-10,20H2,(H,21,22,24). The molecule has 5 rings (SSSR count). The monoisotopic (exact) mass is 352 g/mol. The Balaban J connectivity index is 1.46. The fraction of sp³-hybridized carbons (Fsp3) is 0.368. The molecule has 1 aliphatic heterocycles. The molecule has 0 fully saturated rings. The Labute approximate surface area is 149 Å². The van der Waals surface area contributed by atoms with Crippen molar-refractivity contribution in [3.8, 4) is 0 Å². The Morgan fingerprint density at radius 3 is 3.12 bits per heavy atom. The molecule has 3 aromatic rings. The summed E-state index contributed by atoms with van der Waals surface area (Å²) in [7, 11) is 0. The molecule has 0 spiro atoms. The topological polar surface area (TPSA) is 75.0 Å². The van der Waals surface area contributed by atoms with Crippen LogP contribution in [0.1, 0.15) is 39.9 Å². The lowest BCUT2D eigenvalue weighted by molar-refractivity contribution is 0.218. The smallest absolute Gasteiger partial charge is 0.259 e. The van der Waals surface area contributed by atoms with E-state index in [2.05, 4.69) is 28.1 Å². The second-order valence-electron chi connectivity index (χ2n) is 7.03. The summed E-state index contributed by atoms with van der Waals surface area (Å²) in [6.45, 7) is 2.24. The van der Waals surface area contributed by atoms with Crippen molar-refractivity contribution in [1.29, 1.82) is 0 Å². The van der Waals surface area contributed by atoms with E-state index >= 15 is 0 Å². The number of hydrogen-bond acceptors (Lipinski definition) is 5. The van der Waals surface area contributed by atoms with Crippen LogP contribution >= 0.6 is 11.3 Å². The molecular weight excluding hydrogens is 332 g/mol. The van der Waals surface area contributed by atoms with Gasteiger partial charge in [-0.3, -0.25) is 9.69 Å². The van der Waals surface area contributed by atoms with Gasteiger partial charge < -0.3 is 10.7 Å². The van der Waals surface area contributed by atoms with Crippen molar-refractivity contribution in [2.24, 2.45) is 5.73 Å². The Bertz CT molecular complexity index is 1020. The highest BCUT2D eigenvalue weighted by Crippen LogP contribution is 2.34. The van der Waals surface area contributed by atoms with Gasteiger partial charge in [0.1, 0.15) is 10.7 Å². The molecule has 3 heterocycles. The van der Waals surface area contributed by atoms with E-state index in [-0.39, 0.29) is 11.6 Å². The maximum absolute atomic E-state index is 12.6. The van der Waals surface area contributed by atoms with Crippen molar-refractivity contribution in [2.75, 3.05) is 6.54 Å². The molecule has 0 bridgehead atoms. The highest BCUT2D eigenvalue weighted by Gasteiger charge is 2.24. The summed E-state index contributed by atoms with van der Waals surface area (Å²) in [6.07, 6.45) is 3.25. The van der Waals surface area contributed by atoms with Crippen LogP contribution in [0.2, 0.25) is 0 Å². The Hall–Kier alpha value is -2.02. The number of nitrogens with one attached hydrogen (secondary N) is 1. The van der Waals surface area contributed by atoms with Gasteiger partial charge in [0.15, 0.2) is 0 Å². The summed E-state index contributed by atoms with van der Waals surface area (Å²) in [6, 6.07) is 8.33. The van der Waals surface area contributed by atoms with Crippen LogP contribution in [0.15, 0.2) is 29.1 Å². The fourth-order valence-electron chi connectivity index (χ4n) is 4.18. The average molecular weight is 352 g/mol. The Kier molecular flexibility index (Phi) is 3.51. The second kappa shape index (κ2) is 5.76. The Morgan fingerprint density at radius 1 is 1.32 bits per heavy atom. The first-order valence-corrected chi connectivity index (χ1v) is 9.60. The minimum Gasteiger partial charge on any atom is -0.323 e. The molecule has 5 nitrogen and oxygen atoms in total. The minimum absolute atomic E-state index is 0.00550. The summed E-state index contributed by atoms with van der Waals surface area (Å²) in [5, 5.41) is 0.821. The van der Waals surface area contributed by atoms with Crippen LogP contribution < -0.4 is 11.3 Å². The molecule has 3 N–H and O–H groups in total. The molecule has 1 aromatic carbocycles. The number of aromatic amines is 1. The molecule has 25 heavy (non-hydrogen) atoms. The van der Waals surface area contributed by atoms with E-state index in [1.807, 2.05) is 6.07 Å². The highest BCUT2D eigenvalue weighted by molar-refractivity contribution is 7.18. The van der Waals surface area contributed by atoms with Crippen molar-refractivity contribution in [3.63, 3.8) is 0 Å². The highest BCUT2D eigenvalue weighted by atomic mass is 32.1. The predicted octanol–water partition coefficient (Wildman–Crippen LogP) is 2.49. The van der Waals surface area contributed by atoms with Crippen LogP contribution in [-0.2, 0) is 25.9 Å². The van der Waals surface area contributed by atoms with Gasteiger partial charge >= 0.3 is 0 Å². The summed E-state index contributed by atoms with van der Waals surface area (Å²) in [4.78, 5) is 24.9. The largest absolute Gasteiger partial charge is 0.323 e. The van der Waals surface area contributed by atoms with Gasteiger partial charge in [0.25, 0.3) is 5.56 Å². The molecule has 2 aromatic heterocycles. The number of aromatic nitrogens is 2. The third-order valence-corrected chi connectivity index (χ3v) is 6.49. The molecule has 1 atom stereocenters. The lowest BCUT2D eigenvalue weighted by Crippen LogP contribution is -2.37. The maximum atomic E-state index is 12.6. The van der Waals surface area contributed by atoms with Crippen LogP contribution in [0.5, 0.6) is 0 Å². The van der Waals surface area contributed by atoms with Crippen LogP contribution in [0.25, 0.3) is 10.2 Å². The number of fused-ring (bicyclic) bond motifs is 4. The third-order valence-electron chi connectivity index (χ3n) is 5.30. The molecule has 2 aliphatic rings. The van der Waals surface area contributed by atoms with Crippen LogP contribution in [0.3, 0.4) is 0 Å². The van der Waals surface area contributed by atoms with Gasteiger partial charge in [-0.05, 0) is 36.0 Å². The van der Waals surface area contributed by atoms with Crippen LogP contribution in [0, 0.1) is 0 Å². The van der Waals surface area contributed by atoms with E-state index in [1.165, 1.54) is 21.6 Å². The average Bonchev–Trinajstić information content (AvgIpc) is 3.15. The zero-order valence-corrected chi connectivity index (χ0v) is 14.7. The Morgan fingerprint density at radius 2 is 2.20 bits per heavy atom. The van der Waals surface area contributed by atoms with Gasteiger partial charge in [0.2, 0.25) is 0 Å². The molecule has 128 valence electrons. The first-order chi connectivity index (χ1) is 12.2. The lowest BCUT2D eigenvalue weighted by atomic mass is 9.96. The van der Waals surface area contributed by atoms with Crippen LogP contribution in [-0.4, -0.2) is 21.4 Å². The molecule has 6 heteroatoms. The molecule has 0 amide bonds. The van der Waals surface area contributed by atoms with E-state index in [1.54, 1.807) is 11.3 Å². The van der Waals surface area contributed by atoms with Crippen molar-refractivity contribution in [1.82, 2.24) is 14.9 Å². The van der Waals surface area contributed by atoms with Crippen molar-refractivity contribution < 1.29 is 0 Å². The fourth-order valence-corrected chi connectivity index (χ4v) is 5.46. The van der Waals surface area contributed by atoms with Gasteiger partial charge in [-0.15, -0.1) is 11.3 Å². The second-order valence-corrected chi connectivity index (χ2v) is 8.11. The first-order valence-electron chi connectivity index (χ1n) is 8.78. The number of nitrogens with zero attached hydrogens (tertiary/aromatic N) is 2. The van der Waals surface area contributed by atoms with E-state index in [4.69, 9.17) is 10.7 Å². The van der Waals surface area contributed by atoms with E-state index < -0.39 is 0 Å². The van der Waals surface area contributed by atoms with Gasteiger partial charge in [0.05, 0.1) is 11.9 Å². The SMILES string of the molecule is NC1CN(Cc2nc3sc4c(c3c(=O)[nH]2)CCC4)Cc2ccccc21. The summed E-state index contributed by atoms with van der Waals surface area (Å²) in [5.41, 5.74) is 10.1. The van der Waals surface area contributed by atoms with E-state index in [9.17, 15) is 4.79 Å². The zero-order valence-electron chi connectivity index (χ0n) is 13.9. The van der Waals surface area contributed by atoms with Crippen molar-refractivity contribution in [3.05, 3.63) is 62.0 Å². The normalized spacial score (nSPS) is 20.0. The number of nitrogens with two attached hydrogens (primary N) is 1. The third kappa shape index (κ3) is 2.52. The lowest BCUT2D eigenvalue weighted by Gasteiger charge is -2.32. The predicted molar refractivity (Wildman–Crippen MR) is 99.8 cm³/mol. The first kappa shape index (κ1) is 15.3. The number of benzene rings is 1. The van der Waals surface area contributed by atoms with Gasteiger partial charge in [-0.2, -0.15) is 0 Å². The van der Waals surface area contributed by atoms with Crippen LogP contribution in [0.4, 0.5) is 0 Å². The van der Waals surface area contributed by atoms with Gasteiger partial charge in [-0.1, -0.05) is 24.3 Å². The quantitative estimate of drug-likeness (QED) is 0.743.